The Morgan fingerprint density at radius 2 is 2.16 bits per heavy atom. The van der Waals surface area contributed by atoms with Crippen molar-refractivity contribution in [1.29, 1.82) is 5.26 Å². The van der Waals surface area contributed by atoms with Crippen molar-refractivity contribution < 1.29 is 9.21 Å². The summed E-state index contributed by atoms with van der Waals surface area (Å²) in [7, 11) is 0. The molecule has 2 aromatic heterocycles. The molecule has 2 N–H and O–H groups in total. The largest absolute Gasteiger partial charge is 0.451 e. The normalized spacial score (nSPS) is 15.1. The van der Waals surface area contributed by atoms with Gasteiger partial charge in [-0.3, -0.25) is 10.1 Å². The van der Waals surface area contributed by atoms with Gasteiger partial charge < -0.3 is 9.73 Å². The van der Waals surface area contributed by atoms with E-state index in [4.69, 9.17) is 28.2 Å². The van der Waals surface area contributed by atoms with E-state index in [1.165, 1.54) is 16.2 Å². The van der Waals surface area contributed by atoms with Crippen LogP contribution in [0.1, 0.15) is 45.5 Å². The highest BCUT2D eigenvalue weighted by atomic mass is 35.5. The van der Waals surface area contributed by atoms with Crippen molar-refractivity contribution in [3.05, 3.63) is 62.7 Å². The van der Waals surface area contributed by atoms with Gasteiger partial charge in [0.1, 0.15) is 16.8 Å². The van der Waals surface area contributed by atoms with Crippen molar-refractivity contribution in [3.8, 4) is 17.4 Å². The zero-order valence-corrected chi connectivity index (χ0v) is 19.4. The molecule has 1 atom stereocenters. The number of fused-ring (bicyclic) bond motifs is 1. The Hall–Kier alpha value is -2.66. The van der Waals surface area contributed by atoms with Crippen LogP contribution < -0.4 is 10.6 Å². The van der Waals surface area contributed by atoms with Crippen molar-refractivity contribution in [1.82, 2.24) is 5.32 Å². The first kappa shape index (κ1) is 21.6. The van der Waals surface area contributed by atoms with Gasteiger partial charge in [0.2, 0.25) is 0 Å². The molecule has 31 heavy (non-hydrogen) atoms. The fourth-order valence-corrected chi connectivity index (χ4v) is 5.42. The Labute approximate surface area is 195 Å². The number of hydrogen-bond acceptors (Lipinski definition) is 5. The monoisotopic (exact) mass is 469 g/mol. The molecule has 5 nitrogen and oxygen atoms in total. The maximum Gasteiger partial charge on any atom is 0.293 e. The third-order valence-corrected chi connectivity index (χ3v) is 7.14. The number of nitrogens with one attached hydrogen (secondary N) is 2. The second-order valence-electron chi connectivity index (χ2n) is 7.70. The molecule has 4 rings (SSSR count). The lowest BCUT2D eigenvalue weighted by atomic mass is 9.89. The van der Waals surface area contributed by atoms with Crippen molar-refractivity contribution >= 4 is 51.2 Å². The molecule has 3 aromatic rings. The van der Waals surface area contributed by atoms with E-state index in [-0.39, 0.29) is 10.9 Å². The number of halogens is 1. The summed E-state index contributed by atoms with van der Waals surface area (Å²) in [5.74, 6) is 0.817. The molecule has 8 heteroatoms. The Morgan fingerprint density at radius 3 is 2.90 bits per heavy atom. The summed E-state index contributed by atoms with van der Waals surface area (Å²) in [4.78, 5) is 13.8. The first-order chi connectivity index (χ1) is 14.9. The second kappa shape index (κ2) is 8.83. The number of anilines is 1. The van der Waals surface area contributed by atoms with Crippen LogP contribution in [0.2, 0.25) is 5.02 Å². The molecule has 1 aromatic carbocycles. The lowest BCUT2D eigenvalue weighted by Gasteiger charge is -2.17. The Bertz CT molecular complexity index is 1220. The summed E-state index contributed by atoms with van der Waals surface area (Å²) >= 11 is 13.0. The van der Waals surface area contributed by atoms with E-state index in [9.17, 15) is 10.1 Å². The molecule has 158 valence electrons. The predicted octanol–water partition coefficient (Wildman–Crippen LogP) is 6.09. The number of thiophene rings is 1. The van der Waals surface area contributed by atoms with Gasteiger partial charge in [0, 0.05) is 15.5 Å². The minimum absolute atomic E-state index is 0.129. The van der Waals surface area contributed by atoms with Crippen molar-refractivity contribution in [2.75, 3.05) is 5.32 Å². The summed E-state index contributed by atoms with van der Waals surface area (Å²) in [5.41, 5.74) is 3.48. The highest BCUT2D eigenvalue weighted by Crippen LogP contribution is 2.39. The van der Waals surface area contributed by atoms with Crippen LogP contribution in [-0.2, 0) is 12.8 Å². The van der Waals surface area contributed by atoms with Crippen LogP contribution in [0.5, 0.6) is 0 Å². The van der Waals surface area contributed by atoms with E-state index in [0.29, 0.717) is 27.3 Å². The van der Waals surface area contributed by atoms with Crippen LogP contribution in [0.3, 0.4) is 0 Å². The highest BCUT2D eigenvalue weighted by molar-refractivity contribution is 7.80. The van der Waals surface area contributed by atoms with Crippen LogP contribution in [-0.4, -0.2) is 11.0 Å². The van der Waals surface area contributed by atoms with Crippen molar-refractivity contribution in [2.45, 2.75) is 33.1 Å². The summed E-state index contributed by atoms with van der Waals surface area (Å²) < 4.78 is 5.69. The SMILES string of the molecule is Cc1ccc(-c2ccc(C(=O)NC(=S)Nc3sc4c(c3C#N)CC[C@@H](C)C4)o2)cc1Cl. The maximum absolute atomic E-state index is 12.6. The van der Waals surface area contributed by atoms with Gasteiger partial charge in [-0.15, -0.1) is 11.3 Å². The van der Waals surface area contributed by atoms with E-state index >= 15 is 0 Å². The van der Waals surface area contributed by atoms with E-state index < -0.39 is 5.91 Å². The first-order valence-corrected chi connectivity index (χ1v) is 11.5. The number of carbonyl (C=O) groups is 1. The summed E-state index contributed by atoms with van der Waals surface area (Å²) in [6, 6.07) is 11.2. The molecule has 1 aliphatic rings. The average molecular weight is 470 g/mol. The predicted molar refractivity (Wildman–Crippen MR) is 128 cm³/mol. The summed E-state index contributed by atoms with van der Waals surface area (Å²) in [6.45, 7) is 4.14. The van der Waals surface area contributed by atoms with E-state index in [2.05, 4.69) is 23.6 Å². The number of amides is 1. The number of furan rings is 1. The average Bonchev–Trinajstić information content (AvgIpc) is 3.34. The molecule has 0 saturated carbocycles. The van der Waals surface area contributed by atoms with Gasteiger partial charge in [0.05, 0.1) is 5.56 Å². The number of nitrogens with zero attached hydrogens (tertiary/aromatic N) is 1. The van der Waals surface area contributed by atoms with E-state index in [0.717, 1.165) is 36.0 Å². The smallest absolute Gasteiger partial charge is 0.293 e. The van der Waals surface area contributed by atoms with Gasteiger partial charge in [-0.25, -0.2) is 0 Å². The third-order valence-electron chi connectivity index (χ3n) is 5.36. The molecule has 0 fully saturated rings. The van der Waals surface area contributed by atoms with Crippen LogP contribution in [0.4, 0.5) is 5.00 Å². The summed E-state index contributed by atoms with van der Waals surface area (Å²) in [5, 5.41) is 16.7. The molecule has 2 heterocycles. The maximum atomic E-state index is 12.6. The van der Waals surface area contributed by atoms with Crippen LogP contribution in [0, 0.1) is 24.2 Å². The Balaban J connectivity index is 1.45. The number of carbonyl (C=O) groups excluding carboxylic acids is 1. The molecule has 0 radical (unpaired) electrons. The topological polar surface area (TPSA) is 78.1 Å². The zero-order valence-electron chi connectivity index (χ0n) is 17.0. The first-order valence-electron chi connectivity index (χ1n) is 9.89. The minimum Gasteiger partial charge on any atom is -0.451 e. The molecular formula is C23H20ClN3O2S2. The third kappa shape index (κ3) is 4.52. The molecule has 0 bridgehead atoms. The van der Waals surface area contributed by atoms with Crippen molar-refractivity contribution in [3.63, 3.8) is 0 Å². The van der Waals surface area contributed by atoms with Gasteiger partial charge >= 0.3 is 0 Å². The van der Waals surface area contributed by atoms with Gasteiger partial charge in [-0.1, -0.05) is 30.7 Å². The van der Waals surface area contributed by atoms with Gasteiger partial charge in [-0.2, -0.15) is 5.26 Å². The second-order valence-corrected chi connectivity index (χ2v) is 9.62. The lowest BCUT2D eigenvalue weighted by Crippen LogP contribution is -2.33. The number of hydrogen-bond donors (Lipinski definition) is 2. The van der Waals surface area contributed by atoms with Crippen LogP contribution in [0.25, 0.3) is 11.3 Å². The van der Waals surface area contributed by atoms with Gasteiger partial charge in [-0.05, 0) is 73.6 Å². The Kier molecular flexibility index (Phi) is 6.15. The Morgan fingerprint density at radius 1 is 1.35 bits per heavy atom. The van der Waals surface area contributed by atoms with Gasteiger partial charge in [0.15, 0.2) is 10.9 Å². The number of aryl methyl sites for hydroxylation is 1. The number of rotatable bonds is 3. The number of nitriles is 1. The van der Waals surface area contributed by atoms with E-state index in [1.807, 2.05) is 19.1 Å². The molecular weight excluding hydrogens is 450 g/mol. The number of thiocarbonyl (C=S) groups is 1. The van der Waals surface area contributed by atoms with E-state index in [1.54, 1.807) is 18.2 Å². The minimum atomic E-state index is -0.463. The quantitative estimate of drug-likeness (QED) is 0.453. The zero-order chi connectivity index (χ0) is 22.1. The molecule has 1 amide bonds. The number of benzene rings is 1. The molecule has 0 aliphatic heterocycles. The van der Waals surface area contributed by atoms with Gasteiger partial charge in [0.25, 0.3) is 5.91 Å². The molecule has 0 spiro atoms. The van der Waals surface area contributed by atoms with Crippen LogP contribution >= 0.6 is 35.2 Å². The fourth-order valence-electron chi connectivity index (χ4n) is 3.62. The fraction of sp³-hybridized carbons (Fsp3) is 0.261. The summed E-state index contributed by atoms with van der Waals surface area (Å²) in [6.07, 6.45) is 2.94. The molecule has 1 aliphatic carbocycles. The molecule has 0 saturated heterocycles. The standard InChI is InChI=1S/C23H20ClN3O2S2/c1-12-3-6-15-16(11-25)22(31-20(15)9-12)27-23(30)26-21(28)19-8-7-18(29-19)14-5-4-13(2)17(24)10-14/h4-5,7-8,10,12H,3,6,9H2,1-2H3,(H2,26,27,28,30)/t12-/m1/s1. The highest BCUT2D eigenvalue weighted by Gasteiger charge is 2.24. The lowest BCUT2D eigenvalue weighted by molar-refractivity contribution is 0.0951. The van der Waals surface area contributed by atoms with Crippen molar-refractivity contribution in [2.24, 2.45) is 5.92 Å². The molecule has 0 unspecified atom stereocenters. The van der Waals surface area contributed by atoms with Crippen LogP contribution in [0.15, 0.2) is 34.7 Å².